The summed E-state index contributed by atoms with van der Waals surface area (Å²) in [5.41, 5.74) is -0.569. The molecule has 184 valence electrons. The number of rotatable bonds is 6. The van der Waals surface area contributed by atoms with Crippen molar-refractivity contribution in [3.05, 3.63) is 73.7 Å². The van der Waals surface area contributed by atoms with Gasteiger partial charge in [-0.15, -0.1) is 0 Å². The Balaban J connectivity index is 1.81. The summed E-state index contributed by atoms with van der Waals surface area (Å²) < 4.78 is 79.3. The lowest BCUT2D eigenvalue weighted by molar-refractivity contribution is -0.141. The quantitative estimate of drug-likeness (QED) is 0.287. The van der Waals surface area contributed by atoms with Gasteiger partial charge in [-0.05, 0) is 54.7 Å². The van der Waals surface area contributed by atoms with Crippen LogP contribution in [0.3, 0.4) is 0 Å². The molecule has 1 unspecified atom stereocenters. The van der Waals surface area contributed by atoms with Crippen LogP contribution in [-0.2, 0) is 0 Å². The van der Waals surface area contributed by atoms with E-state index >= 15 is 0 Å². The number of nitrogens with one attached hydrogen (secondary N) is 1. The summed E-state index contributed by atoms with van der Waals surface area (Å²) in [6.07, 6.45) is -7.54. The minimum absolute atomic E-state index is 0.0512. The van der Waals surface area contributed by atoms with Crippen LogP contribution < -0.4 is 5.32 Å². The van der Waals surface area contributed by atoms with Gasteiger partial charge >= 0.3 is 12.4 Å². The van der Waals surface area contributed by atoms with Gasteiger partial charge in [0, 0.05) is 11.1 Å². The second-order valence-electron chi connectivity index (χ2n) is 8.28. The van der Waals surface area contributed by atoms with E-state index in [2.05, 4.69) is 5.32 Å². The van der Waals surface area contributed by atoms with Gasteiger partial charge in [0.2, 0.25) is 0 Å². The predicted molar refractivity (Wildman–Crippen MR) is 121 cm³/mol. The second kappa shape index (κ2) is 9.63. The average molecular weight is 545 g/mol. The molecule has 3 rings (SSSR count). The van der Waals surface area contributed by atoms with Crippen molar-refractivity contribution >= 4 is 46.8 Å². The summed E-state index contributed by atoms with van der Waals surface area (Å²) in [5, 5.41) is 2.17. The van der Waals surface area contributed by atoms with Gasteiger partial charge in [0.25, 0.3) is 5.91 Å². The van der Waals surface area contributed by atoms with Gasteiger partial charge in [0.15, 0.2) is 0 Å². The van der Waals surface area contributed by atoms with Crippen molar-refractivity contribution < 1.29 is 31.1 Å². The summed E-state index contributed by atoms with van der Waals surface area (Å²) in [5.74, 6) is -2.69. The Morgan fingerprint density at radius 1 is 1.06 bits per heavy atom. The molecule has 2 aromatic carbocycles. The Labute approximate surface area is 206 Å². The highest BCUT2D eigenvalue weighted by molar-refractivity contribution is 6.48. The molecule has 1 fully saturated rings. The van der Waals surface area contributed by atoms with Crippen LogP contribution in [0.25, 0.3) is 6.08 Å². The molecule has 1 saturated carbocycles. The highest BCUT2D eigenvalue weighted by atomic mass is 35.5. The van der Waals surface area contributed by atoms with Gasteiger partial charge in [-0.3, -0.25) is 4.79 Å². The molecule has 2 nitrogen and oxygen atoms in total. The lowest BCUT2D eigenvalue weighted by Gasteiger charge is -2.20. The number of hydrogen-bond donors (Lipinski definition) is 1. The molecule has 0 radical (unpaired) electrons. The van der Waals surface area contributed by atoms with Crippen LogP contribution in [0.1, 0.15) is 52.2 Å². The molecule has 0 aromatic heterocycles. The third-order valence-electron chi connectivity index (χ3n) is 5.47. The maximum Gasteiger partial charge on any atom is 0.399 e. The molecule has 0 spiro atoms. The van der Waals surface area contributed by atoms with Crippen molar-refractivity contribution in [2.45, 2.75) is 50.0 Å². The molecule has 0 heterocycles. The van der Waals surface area contributed by atoms with Gasteiger partial charge in [-0.25, -0.2) is 0 Å². The molecule has 1 aliphatic rings. The first-order chi connectivity index (χ1) is 15.6. The van der Waals surface area contributed by atoms with Gasteiger partial charge < -0.3 is 5.32 Å². The lowest BCUT2D eigenvalue weighted by Crippen LogP contribution is -2.40. The molecule has 1 aliphatic carbocycles. The lowest BCUT2D eigenvalue weighted by atomic mass is 9.96. The van der Waals surface area contributed by atoms with Crippen molar-refractivity contribution in [3.63, 3.8) is 0 Å². The fraction of sp³-hybridized carbons (Fsp3) is 0.348. The van der Waals surface area contributed by atoms with Crippen LogP contribution in [0.15, 0.2) is 36.4 Å². The van der Waals surface area contributed by atoms with E-state index in [9.17, 15) is 31.1 Å². The average Bonchev–Trinajstić information content (AvgIpc) is 3.41. The summed E-state index contributed by atoms with van der Waals surface area (Å²) in [7, 11) is 0. The molecule has 1 N–H and O–H groups in total. The first-order valence-electron chi connectivity index (χ1n) is 9.99. The Bertz CT molecular complexity index is 1100. The summed E-state index contributed by atoms with van der Waals surface area (Å²) in [6.45, 7) is 1.55. The van der Waals surface area contributed by atoms with E-state index in [1.54, 1.807) is 6.92 Å². The Morgan fingerprint density at radius 3 is 2.12 bits per heavy atom. The molecule has 1 atom stereocenters. The van der Waals surface area contributed by atoms with Gasteiger partial charge in [-0.1, -0.05) is 59.1 Å². The Morgan fingerprint density at radius 2 is 1.65 bits per heavy atom. The van der Waals surface area contributed by atoms with Gasteiger partial charge in [-0.2, -0.15) is 26.3 Å². The first kappa shape index (κ1) is 26.7. The highest BCUT2D eigenvalue weighted by Crippen LogP contribution is 2.45. The second-order valence-corrected chi connectivity index (χ2v) is 9.47. The smallest absolute Gasteiger partial charge is 0.346 e. The van der Waals surface area contributed by atoms with Crippen molar-refractivity contribution in [1.82, 2.24) is 5.32 Å². The number of allylic oxidation sites excluding steroid dienone is 1. The Hall–Kier alpha value is -1.90. The van der Waals surface area contributed by atoms with E-state index in [1.807, 2.05) is 0 Å². The molecule has 34 heavy (non-hydrogen) atoms. The zero-order valence-electron chi connectivity index (χ0n) is 17.6. The SMILES string of the molecule is Cc1cc(/C=C/C(c2cc(Cl)c(Cl)c(Cl)c2)C(F)(F)F)ccc1C(=O)NC1(CC(F)(F)F)CC1. The number of hydrogen-bond acceptors (Lipinski definition) is 1. The van der Waals surface area contributed by atoms with Crippen molar-refractivity contribution in [1.29, 1.82) is 0 Å². The number of carbonyl (C=O) groups excluding carboxylic acids is 1. The molecule has 0 saturated heterocycles. The van der Waals surface area contributed by atoms with E-state index in [-0.39, 0.29) is 39.0 Å². The number of alkyl halides is 6. The van der Waals surface area contributed by atoms with Crippen LogP contribution in [0.2, 0.25) is 15.1 Å². The standard InChI is InChI=1S/C23H18Cl3F6NO/c1-12-8-13(2-4-15(12)20(34)33-21(6-7-21)11-22(27,28)29)3-5-16(23(30,31)32)14-9-17(24)19(26)18(25)10-14/h2-5,8-10,16H,6-7,11H2,1H3,(H,33,34)/b5-3+. The highest BCUT2D eigenvalue weighted by Gasteiger charge is 2.51. The topological polar surface area (TPSA) is 29.1 Å². The number of aryl methyl sites for hydroxylation is 1. The Kier molecular flexibility index (Phi) is 7.56. The van der Waals surface area contributed by atoms with E-state index in [4.69, 9.17) is 34.8 Å². The molecule has 1 amide bonds. The third kappa shape index (κ3) is 6.61. The fourth-order valence-electron chi connectivity index (χ4n) is 3.61. The van der Waals surface area contributed by atoms with Gasteiger partial charge in [0.05, 0.1) is 27.4 Å². The number of benzene rings is 2. The van der Waals surface area contributed by atoms with Crippen LogP contribution in [0.4, 0.5) is 26.3 Å². The van der Waals surface area contributed by atoms with Crippen LogP contribution >= 0.6 is 34.8 Å². The molecule has 2 aromatic rings. The van der Waals surface area contributed by atoms with Gasteiger partial charge in [0.1, 0.15) is 0 Å². The molecular formula is C23H18Cl3F6NO. The largest absolute Gasteiger partial charge is 0.399 e. The zero-order valence-corrected chi connectivity index (χ0v) is 19.8. The summed E-state index contributed by atoms with van der Waals surface area (Å²) >= 11 is 17.6. The fourth-order valence-corrected chi connectivity index (χ4v) is 4.22. The van der Waals surface area contributed by atoms with Crippen molar-refractivity contribution in [2.24, 2.45) is 0 Å². The monoisotopic (exact) mass is 543 g/mol. The van der Waals surface area contributed by atoms with Crippen LogP contribution in [0.5, 0.6) is 0 Å². The van der Waals surface area contributed by atoms with E-state index in [0.717, 1.165) is 18.2 Å². The molecule has 11 heteroatoms. The summed E-state index contributed by atoms with van der Waals surface area (Å²) in [6, 6.07) is 6.44. The molecule has 0 bridgehead atoms. The minimum atomic E-state index is -4.65. The van der Waals surface area contributed by atoms with Crippen LogP contribution in [0, 0.1) is 6.92 Å². The predicted octanol–water partition coefficient (Wildman–Crippen LogP) is 8.53. The van der Waals surface area contributed by atoms with E-state index in [1.165, 1.54) is 24.3 Å². The maximum atomic E-state index is 13.7. The zero-order chi connectivity index (χ0) is 25.5. The number of halogens is 9. The normalized spacial score (nSPS) is 16.5. The van der Waals surface area contributed by atoms with E-state index in [0.29, 0.717) is 11.1 Å². The molecule has 0 aliphatic heterocycles. The first-order valence-corrected chi connectivity index (χ1v) is 11.1. The van der Waals surface area contributed by atoms with Crippen molar-refractivity contribution in [2.75, 3.05) is 0 Å². The minimum Gasteiger partial charge on any atom is -0.346 e. The third-order valence-corrected chi connectivity index (χ3v) is 6.66. The molecular weight excluding hydrogens is 527 g/mol. The van der Waals surface area contributed by atoms with Crippen LogP contribution in [-0.4, -0.2) is 23.8 Å². The number of carbonyl (C=O) groups is 1. The van der Waals surface area contributed by atoms with Crippen molar-refractivity contribution in [3.8, 4) is 0 Å². The van der Waals surface area contributed by atoms with E-state index < -0.39 is 36.1 Å². The maximum absolute atomic E-state index is 13.7. The summed E-state index contributed by atoms with van der Waals surface area (Å²) in [4.78, 5) is 12.5. The number of amides is 1.